The third kappa shape index (κ3) is 3.90. The maximum atomic E-state index is 12.9. The van der Waals surface area contributed by atoms with Crippen LogP contribution in [0.5, 0.6) is 0 Å². The van der Waals surface area contributed by atoms with Crippen LogP contribution in [0.4, 0.5) is 0 Å². The molecule has 1 aromatic rings. The lowest BCUT2D eigenvalue weighted by molar-refractivity contribution is -0.125. The van der Waals surface area contributed by atoms with Gasteiger partial charge in [-0.05, 0) is 71.6 Å². The lowest BCUT2D eigenvalue weighted by Gasteiger charge is -2.37. The highest BCUT2D eigenvalue weighted by Gasteiger charge is 2.47. The van der Waals surface area contributed by atoms with Crippen molar-refractivity contribution in [1.82, 2.24) is 25.3 Å². The van der Waals surface area contributed by atoms with Gasteiger partial charge in [0.1, 0.15) is 0 Å². The number of nitrogens with one attached hydrogen (secondary N) is 2. The Bertz CT molecular complexity index is 583. The molecule has 0 radical (unpaired) electrons. The summed E-state index contributed by atoms with van der Waals surface area (Å²) >= 11 is 0. The smallest absolute Gasteiger partial charge is 0.237 e. The molecule has 1 spiro atoms. The molecule has 3 heterocycles. The van der Waals surface area contributed by atoms with Crippen LogP contribution < -0.4 is 5.32 Å². The number of rotatable bonds is 5. The van der Waals surface area contributed by atoms with Gasteiger partial charge in [0.15, 0.2) is 0 Å². The molecule has 0 unspecified atom stereocenters. The van der Waals surface area contributed by atoms with E-state index in [1.54, 1.807) is 0 Å². The minimum absolute atomic E-state index is 0.0240. The van der Waals surface area contributed by atoms with Gasteiger partial charge in [0.2, 0.25) is 5.91 Å². The highest BCUT2D eigenvalue weighted by Crippen LogP contribution is 2.43. The van der Waals surface area contributed by atoms with Crippen molar-refractivity contribution in [3.8, 4) is 0 Å². The monoisotopic (exact) mass is 347 g/mol. The van der Waals surface area contributed by atoms with Gasteiger partial charge in [-0.3, -0.25) is 14.8 Å². The fourth-order valence-electron chi connectivity index (χ4n) is 4.51. The fraction of sp³-hybridized carbons (Fsp3) is 0.789. The number of carbonyl (C=O) groups is 1. The summed E-state index contributed by atoms with van der Waals surface area (Å²) < 4.78 is 0. The number of hydrogen-bond donors (Lipinski definition) is 2. The van der Waals surface area contributed by atoms with E-state index in [0.717, 1.165) is 56.0 Å². The lowest BCUT2D eigenvalue weighted by atomic mass is 9.76. The maximum Gasteiger partial charge on any atom is 0.237 e. The Balaban J connectivity index is 1.65. The summed E-state index contributed by atoms with van der Waals surface area (Å²) in [5.74, 6) is 0.184. The molecule has 6 nitrogen and oxygen atoms in total. The topological polar surface area (TPSA) is 64.3 Å². The Morgan fingerprint density at radius 2 is 2.08 bits per heavy atom. The van der Waals surface area contributed by atoms with Crippen molar-refractivity contribution < 1.29 is 4.79 Å². The minimum atomic E-state index is 0.0240. The highest BCUT2D eigenvalue weighted by molar-refractivity contribution is 5.82. The molecule has 0 saturated carbocycles. The van der Waals surface area contributed by atoms with Crippen LogP contribution in [0, 0.1) is 19.3 Å². The first-order chi connectivity index (χ1) is 11.9. The average Bonchev–Trinajstić information content (AvgIpc) is 3.10. The second-order valence-electron chi connectivity index (χ2n) is 8.12. The molecule has 2 saturated heterocycles. The Morgan fingerprint density at radius 1 is 1.36 bits per heavy atom. The van der Waals surface area contributed by atoms with E-state index in [1.165, 1.54) is 12.8 Å². The van der Waals surface area contributed by atoms with Crippen LogP contribution in [0.2, 0.25) is 0 Å². The van der Waals surface area contributed by atoms with Gasteiger partial charge >= 0.3 is 0 Å². The molecule has 2 N–H and O–H groups in total. The fourth-order valence-corrected chi connectivity index (χ4v) is 4.51. The van der Waals surface area contributed by atoms with Crippen LogP contribution in [0.25, 0.3) is 0 Å². The Morgan fingerprint density at radius 3 is 2.68 bits per heavy atom. The quantitative estimate of drug-likeness (QED) is 0.853. The van der Waals surface area contributed by atoms with E-state index in [9.17, 15) is 4.79 Å². The standard InChI is InChI=1S/C19H33N5O/c1-5-8-24-13-19(6-9-23(4)10-7-19)11-17(24)18(25)20-12-16-14(2)21-22-15(16)3/h17H,5-13H2,1-4H3,(H,20,25)(H,21,22)/t17-/m0/s1. The molecule has 1 aromatic heterocycles. The molecule has 2 aliphatic heterocycles. The highest BCUT2D eigenvalue weighted by atomic mass is 16.2. The van der Waals surface area contributed by atoms with Crippen molar-refractivity contribution in [3.63, 3.8) is 0 Å². The van der Waals surface area contributed by atoms with E-state index in [2.05, 4.69) is 39.3 Å². The zero-order valence-corrected chi connectivity index (χ0v) is 16.2. The second-order valence-corrected chi connectivity index (χ2v) is 8.12. The number of aromatic nitrogens is 2. The summed E-state index contributed by atoms with van der Waals surface area (Å²) in [7, 11) is 2.20. The average molecular weight is 348 g/mol. The van der Waals surface area contributed by atoms with Gasteiger partial charge in [-0.2, -0.15) is 5.10 Å². The molecule has 0 aromatic carbocycles. The number of hydrogen-bond acceptors (Lipinski definition) is 4. The van der Waals surface area contributed by atoms with E-state index in [4.69, 9.17) is 0 Å². The number of carbonyl (C=O) groups excluding carboxylic acids is 1. The first kappa shape index (κ1) is 18.4. The van der Waals surface area contributed by atoms with E-state index >= 15 is 0 Å². The number of nitrogens with zero attached hydrogens (tertiary/aromatic N) is 3. The van der Waals surface area contributed by atoms with Gasteiger partial charge in [-0.15, -0.1) is 0 Å². The van der Waals surface area contributed by atoms with Gasteiger partial charge in [0.05, 0.1) is 11.7 Å². The SMILES string of the molecule is CCCN1CC2(CCN(C)CC2)C[C@H]1C(=O)NCc1c(C)n[nH]c1C. The van der Waals surface area contributed by atoms with Crippen LogP contribution in [-0.4, -0.2) is 65.2 Å². The van der Waals surface area contributed by atoms with Gasteiger partial charge in [0, 0.05) is 24.3 Å². The van der Waals surface area contributed by atoms with Gasteiger partial charge in [-0.1, -0.05) is 6.92 Å². The van der Waals surface area contributed by atoms with E-state index in [1.807, 2.05) is 13.8 Å². The molecule has 1 atom stereocenters. The van der Waals surface area contributed by atoms with Gasteiger partial charge in [0.25, 0.3) is 0 Å². The Hall–Kier alpha value is -1.40. The Kier molecular flexibility index (Phi) is 5.49. The summed E-state index contributed by atoms with van der Waals surface area (Å²) in [6.07, 6.45) is 4.54. The molecule has 0 aliphatic carbocycles. The van der Waals surface area contributed by atoms with Crippen LogP contribution in [0.3, 0.4) is 0 Å². The molecular formula is C19H33N5O. The summed E-state index contributed by atoms with van der Waals surface area (Å²) in [6.45, 7) is 11.2. The number of aryl methyl sites for hydroxylation is 2. The minimum Gasteiger partial charge on any atom is -0.351 e. The maximum absolute atomic E-state index is 12.9. The zero-order valence-electron chi connectivity index (χ0n) is 16.2. The van der Waals surface area contributed by atoms with Crippen molar-refractivity contribution in [2.75, 3.05) is 33.2 Å². The number of likely N-dealkylation sites (tertiary alicyclic amines) is 2. The molecule has 2 fully saturated rings. The first-order valence-electron chi connectivity index (χ1n) is 9.65. The molecule has 2 aliphatic rings. The Labute approximate surface area is 151 Å². The van der Waals surface area contributed by atoms with Gasteiger partial charge < -0.3 is 10.2 Å². The molecule has 25 heavy (non-hydrogen) atoms. The predicted molar refractivity (Wildman–Crippen MR) is 99.3 cm³/mol. The predicted octanol–water partition coefficient (Wildman–Crippen LogP) is 1.84. The number of amides is 1. The third-order valence-corrected chi connectivity index (χ3v) is 6.19. The van der Waals surface area contributed by atoms with Crippen LogP contribution in [0.15, 0.2) is 0 Å². The van der Waals surface area contributed by atoms with Crippen molar-refractivity contribution in [3.05, 3.63) is 17.0 Å². The van der Waals surface area contributed by atoms with Crippen LogP contribution in [0.1, 0.15) is 49.6 Å². The zero-order chi connectivity index (χ0) is 18.0. The van der Waals surface area contributed by atoms with Crippen molar-refractivity contribution in [2.24, 2.45) is 5.41 Å². The second kappa shape index (κ2) is 7.46. The lowest BCUT2D eigenvalue weighted by Crippen LogP contribution is -2.43. The van der Waals surface area contributed by atoms with E-state index in [0.29, 0.717) is 12.0 Å². The van der Waals surface area contributed by atoms with Crippen molar-refractivity contribution in [1.29, 1.82) is 0 Å². The molecule has 6 heteroatoms. The summed E-state index contributed by atoms with van der Waals surface area (Å²) in [6, 6.07) is 0.0240. The molecule has 140 valence electrons. The normalized spacial score (nSPS) is 24.1. The number of piperidine rings is 1. The number of aromatic amines is 1. The molecule has 1 amide bonds. The van der Waals surface area contributed by atoms with E-state index in [-0.39, 0.29) is 11.9 Å². The first-order valence-corrected chi connectivity index (χ1v) is 9.65. The molecule has 3 rings (SSSR count). The summed E-state index contributed by atoms with van der Waals surface area (Å²) in [5.41, 5.74) is 3.47. The molecule has 0 bridgehead atoms. The van der Waals surface area contributed by atoms with Gasteiger partial charge in [-0.25, -0.2) is 0 Å². The molecular weight excluding hydrogens is 314 g/mol. The summed E-state index contributed by atoms with van der Waals surface area (Å²) in [4.78, 5) is 17.8. The van der Waals surface area contributed by atoms with E-state index < -0.39 is 0 Å². The summed E-state index contributed by atoms with van der Waals surface area (Å²) in [5, 5.41) is 10.4. The van der Waals surface area contributed by atoms with Crippen LogP contribution in [-0.2, 0) is 11.3 Å². The largest absolute Gasteiger partial charge is 0.351 e. The van der Waals surface area contributed by atoms with Crippen LogP contribution >= 0.6 is 0 Å². The number of H-pyrrole nitrogens is 1. The third-order valence-electron chi connectivity index (χ3n) is 6.19. The van der Waals surface area contributed by atoms with Crippen molar-refractivity contribution >= 4 is 5.91 Å². The van der Waals surface area contributed by atoms with Crippen molar-refractivity contribution in [2.45, 2.75) is 59.0 Å².